The van der Waals surface area contributed by atoms with Crippen LogP contribution in [0.5, 0.6) is 5.75 Å². The Labute approximate surface area is 160 Å². The zero-order chi connectivity index (χ0) is 19.1. The highest BCUT2D eigenvalue weighted by Crippen LogP contribution is 2.15. The third-order valence-corrected chi connectivity index (χ3v) is 4.76. The van der Waals surface area contributed by atoms with E-state index in [9.17, 15) is 4.79 Å². The fraction of sp³-hybridized carbons (Fsp3) is 0.429. The summed E-state index contributed by atoms with van der Waals surface area (Å²) in [6.07, 6.45) is 5.05. The van der Waals surface area contributed by atoms with Crippen molar-refractivity contribution in [3.63, 3.8) is 0 Å². The topological polar surface area (TPSA) is 56.6 Å². The van der Waals surface area contributed by atoms with E-state index < -0.39 is 0 Å². The van der Waals surface area contributed by atoms with Gasteiger partial charge in [0, 0.05) is 31.9 Å². The zero-order valence-corrected chi connectivity index (χ0v) is 16.1. The number of morpholine rings is 1. The molecule has 0 N–H and O–H groups in total. The molecule has 3 rings (SSSR count). The summed E-state index contributed by atoms with van der Waals surface area (Å²) in [5.41, 5.74) is 2.51. The largest absolute Gasteiger partial charge is 0.492 e. The van der Waals surface area contributed by atoms with Gasteiger partial charge in [-0.3, -0.25) is 14.4 Å². The molecule has 27 heavy (non-hydrogen) atoms. The molecule has 0 unspecified atom stereocenters. The Hall–Kier alpha value is -2.44. The van der Waals surface area contributed by atoms with Crippen LogP contribution in [0.3, 0.4) is 0 Å². The molecule has 6 heteroatoms. The van der Waals surface area contributed by atoms with Gasteiger partial charge in [-0.15, -0.1) is 0 Å². The van der Waals surface area contributed by atoms with Gasteiger partial charge >= 0.3 is 0 Å². The van der Waals surface area contributed by atoms with E-state index >= 15 is 0 Å². The molecule has 1 aromatic heterocycles. The average Bonchev–Trinajstić information content (AvgIpc) is 3.08. The first-order valence-corrected chi connectivity index (χ1v) is 9.45. The van der Waals surface area contributed by atoms with Crippen LogP contribution in [0, 0.1) is 6.92 Å². The van der Waals surface area contributed by atoms with Crippen molar-refractivity contribution in [2.75, 3.05) is 39.5 Å². The molecule has 1 saturated heterocycles. The van der Waals surface area contributed by atoms with E-state index in [-0.39, 0.29) is 5.78 Å². The minimum Gasteiger partial charge on any atom is -0.492 e. The molecule has 2 aromatic rings. The van der Waals surface area contributed by atoms with Crippen LogP contribution < -0.4 is 4.74 Å². The Morgan fingerprint density at radius 1 is 1.26 bits per heavy atom. The molecular formula is C21H27N3O3. The molecule has 0 atom stereocenters. The number of rotatable bonds is 8. The quantitative estimate of drug-likeness (QED) is 0.529. The number of hydrogen-bond donors (Lipinski definition) is 0. The van der Waals surface area contributed by atoms with E-state index in [1.165, 1.54) is 0 Å². The van der Waals surface area contributed by atoms with Crippen LogP contribution in [0.1, 0.15) is 28.5 Å². The molecular weight excluding hydrogens is 342 g/mol. The summed E-state index contributed by atoms with van der Waals surface area (Å²) in [6, 6.07) is 7.78. The molecule has 0 radical (unpaired) electrons. The molecule has 0 bridgehead atoms. The number of aromatic nitrogens is 2. The van der Waals surface area contributed by atoms with Gasteiger partial charge in [-0.2, -0.15) is 5.10 Å². The molecule has 1 aliphatic heterocycles. The highest BCUT2D eigenvalue weighted by molar-refractivity contribution is 6.07. The number of allylic oxidation sites excluding steroid dienone is 1. The van der Waals surface area contributed by atoms with Crippen LogP contribution in [0.2, 0.25) is 0 Å². The van der Waals surface area contributed by atoms with Gasteiger partial charge < -0.3 is 9.47 Å². The summed E-state index contributed by atoms with van der Waals surface area (Å²) in [4.78, 5) is 14.7. The van der Waals surface area contributed by atoms with Crippen molar-refractivity contribution in [1.82, 2.24) is 14.7 Å². The van der Waals surface area contributed by atoms with Crippen LogP contribution in [0.4, 0.5) is 0 Å². The van der Waals surface area contributed by atoms with Gasteiger partial charge in [0.05, 0.1) is 25.0 Å². The van der Waals surface area contributed by atoms with Crippen molar-refractivity contribution < 1.29 is 14.3 Å². The highest BCUT2D eigenvalue weighted by atomic mass is 16.5. The first kappa shape index (κ1) is 19.3. The van der Waals surface area contributed by atoms with Gasteiger partial charge in [0.15, 0.2) is 5.78 Å². The second-order valence-corrected chi connectivity index (χ2v) is 6.53. The summed E-state index contributed by atoms with van der Waals surface area (Å²) in [5, 5.41) is 4.22. The first-order valence-electron chi connectivity index (χ1n) is 9.45. The first-order chi connectivity index (χ1) is 13.2. The van der Waals surface area contributed by atoms with Crippen molar-refractivity contribution in [1.29, 1.82) is 0 Å². The molecule has 144 valence electrons. The molecule has 0 saturated carbocycles. The van der Waals surface area contributed by atoms with Crippen LogP contribution in [0.15, 0.2) is 36.5 Å². The highest BCUT2D eigenvalue weighted by Gasteiger charge is 2.11. The number of ether oxygens (including phenoxy) is 2. The van der Waals surface area contributed by atoms with Crippen LogP contribution in [-0.2, 0) is 11.3 Å². The fourth-order valence-electron chi connectivity index (χ4n) is 3.06. The standard InChI is InChI=1S/C21H27N3O3/c1-3-24-17(2)20(16-22-24)21(25)9-6-18-4-7-19(8-5-18)27-15-12-23-10-13-26-14-11-23/h4-9,16H,3,10-15H2,1-2H3/b9-6+. The third kappa shape index (κ3) is 5.28. The monoisotopic (exact) mass is 369 g/mol. The Balaban J connectivity index is 1.50. The van der Waals surface area contributed by atoms with Crippen molar-refractivity contribution >= 4 is 11.9 Å². The predicted octanol–water partition coefficient (Wildman–Crippen LogP) is 2.82. The van der Waals surface area contributed by atoms with Crippen molar-refractivity contribution in [2.24, 2.45) is 0 Å². The fourth-order valence-corrected chi connectivity index (χ4v) is 3.06. The number of aryl methyl sites for hydroxylation is 1. The van der Waals surface area contributed by atoms with E-state index in [2.05, 4.69) is 10.00 Å². The Morgan fingerprint density at radius 2 is 2.00 bits per heavy atom. The number of ketones is 1. The van der Waals surface area contributed by atoms with Crippen molar-refractivity contribution in [3.05, 3.63) is 53.4 Å². The molecule has 0 amide bonds. The van der Waals surface area contributed by atoms with E-state index in [0.29, 0.717) is 12.2 Å². The summed E-state index contributed by atoms with van der Waals surface area (Å²) in [5.74, 6) is 0.810. The maximum atomic E-state index is 12.3. The SMILES string of the molecule is CCn1ncc(C(=O)/C=C/c2ccc(OCCN3CCOCC3)cc2)c1C. The smallest absolute Gasteiger partial charge is 0.189 e. The normalized spacial score (nSPS) is 15.3. The summed E-state index contributed by atoms with van der Waals surface area (Å²) >= 11 is 0. The lowest BCUT2D eigenvalue weighted by Crippen LogP contribution is -2.38. The summed E-state index contributed by atoms with van der Waals surface area (Å²) in [7, 11) is 0. The third-order valence-electron chi connectivity index (χ3n) is 4.76. The lowest BCUT2D eigenvalue weighted by molar-refractivity contribution is 0.0322. The van der Waals surface area contributed by atoms with Crippen LogP contribution >= 0.6 is 0 Å². The molecule has 0 spiro atoms. The Bertz CT molecular complexity index is 774. The zero-order valence-electron chi connectivity index (χ0n) is 16.1. The molecule has 2 heterocycles. The van der Waals surface area contributed by atoms with Crippen LogP contribution in [-0.4, -0.2) is 59.9 Å². The van der Waals surface area contributed by atoms with Gasteiger partial charge in [-0.25, -0.2) is 0 Å². The predicted molar refractivity (Wildman–Crippen MR) is 105 cm³/mol. The number of benzene rings is 1. The number of nitrogens with zero attached hydrogens (tertiary/aromatic N) is 3. The minimum absolute atomic E-state index is 0.0296. The molecule has 0 aliphatic carbocycles. The van der Waals surface area contributed by atoms with Gasteiger partial charge in [0.1, 0.15) is 12.4 Å². The van der Waals surface area contributed by atoms with E-state index in [0.717, 1.165) is 56.4 Å². The number of hydrogen-bond acceptors (Lipinski definition) is 5. The average molecular weight is 369 g/mol. The van der Waals surface area contributed by atoms with Gasteiger partial charge in [0.25, 0.3) is 0 Å². The molecule has 6 nitrogen and oxygen atoms in total. The summed E-state index contributed by atoms with van der Waals surface area (Å²) < 4.78 is 13.0. The number of carbonyl (C=O) groups excluding carboxylic acids is 1. The van der Waals surface area contributed by atoms with Gasteiger partial charge in [-0.05, 0) is 37.6 Å². The minimum atomic E-state index is -0.0296. The Morgan fingerprint density at radius 3 is 2.67 bits per heavy atom. The maximum absolute atomic E-state index is 12.3. The van der Waals surface area contributed by atoms with Gasteiger partial charge in [-0.1, -0.05) is 18.2 Å². The second kappa shape index (κ2) is 9.48. The molecule has 1 aromatic carbocycles. The Kier molecular flexibility index (Phi) is 6.79. The van der Waals surface area contributed by atoms with E-state index in [1.807, 2.05) is 48.9 Å². The lowest BCUT2D eigenvalue weighted by Gasteiger charge is -2.26. The van der Waals surface area contributed by atoms with Crippen molar-refractivity contribution in [2.45, 2.75) is 20.4 Å². The second-order valence-electron chi connectivity index (χ2n) is 6.53. The van der Waals surface area contributed by atoms with Crippen LogP contribution in [0.25, 0.3) is 6.08 Å². The molecule has 1 fully saturated rings. The summed E-state index contributed by atoms with van der Waals surface area (Å²) in [6.45, 7) is 9.80. The number of carbonyl (C=O) groups is 1. The maximum Gasteiger partial charge on any atom is 0.189 e. The van der Waals surface area contributed by atoms with Crippen molar-refractivity contribution in [3.8, 4) is 5.75 Å². The van der Waals surface area contributed by atoms with E-state index in [4.69, 9.17) is 9.47 Å². The van der Waals surface area contributed by atoms with Gasteiger partial charge in [0.2, 0.25) is 0 Å². The lowest BCUT2D eigenvalue weighted by atomic mass is 10.1. The molecule has 1 aliphatic rings. The van der Waals surface area contributed by atoms with E-state index in [1.54, 1.807) is 12.3 Å².